The van der Waals surface area contributed by atoms with Crippen molar-refractivity contribution >= 4 is 52.2 Å². The summed E-state index contributed by atoms with van der Waals surface area (Å²) in [6, 6.07) is 2.39. The second-order valence-corrected chi connectivity index (χ2v) is 17.6. The van der Waals surface area contributed by atoms with E-state index in [1.165, 1.54) is 20.3 Å². The summed E-state index contributed by atoms with van der Waals surface area (Å²) in [5.74, 6) is -0.647. The number of nitrogen functional groups attached to an aromatic ring is 1. The summed E-state index contributed by atoms with van der Waals surface area (Å²) in [5, 5.41) is 26.4. The molecule has 0 bridgehead atoms. The fourth-order valence-electron chi connectivity index (χ4n) is 5.83. The zero-order valence-corrected chi connectivity index (χ0v) is 31.4. The predicted molar refractivity (Wildman–Crippen MR) is 192 cm³/mol. The molecule has 0 radical (unpaired) electrons. The molecule has 286 valence electrons. The van der Waals surface area contributed by atoms with Crippen LogP contribution in [0.3, 0.4) is 0 Å². The van der Waals surface area contributed by atoms with Crippen LogP contribution in [0.1, 0.15) is 25.7 Å². The molecule has 1 saturated carbocycles. The SMILES string of the molecule is C=C(N=NC1CCC(S(=O)(=O)CCN2CCN(C)CC2)CC1)/C(=C\C(=C\OC)N=Nc1c(S(=O)(=O)O)cc2cc(S(=O)(=O)O)c(N)cc2c1O)OC. The lowest BCUT2D eigenvalue weighted by molar-refractivity contribution is 0.160. The predicted octanol–water partition coefficient (Wildman–Crippen LogP) is 3.66. The minimum atomic E-state index is -5.07. The number of likely N-dealkylation sites (N-methyl/N-ethyl adjacent to an activating group) is 1. The summed E-state index contributed by atoms with van der Waals surface area (Å²) in [5.41, 5.74) is 4.53. The van der Waals surface area contributed by atoms with Crippen LogP contribution in [-0.4, -0.2) is 120 Å². The van der Waals surface area contributed by atoms with Crippen molar-refractivity contribution in [3.8, 4) is 5.75 Å². The van der Waals surface area contributed by atoms with Gasteiger partial charge < -0.3 is 25.2 Å². The number of ether oxygens (including phenoxy) is 2. The van der Waals surface area contributed by atoms with Crippen LogP contribution in [0, 0.1) is 0 Å². The van der Waals surface area contributed by atoms with Crippen LogP contribution in [0.5, 0.6) is 5.75 Å². The molecule has 1 heterocycles. The van der Waals surface area contributed by atoms with E-state index in [2.05, 4.69) is 43.9 Å². The van der Waals surface area contributed by atoms with E-state index in [0.29, 0.717) is 32.2 Å². The highest BCUT2D eigenvalue weighted by Gasteiger charge is 2.31. The molecule has 1 saturated heterocycles. The maximum atomic E-state index is 13.0. The third kappa shape index (κ3) is 10.3. The lowest BCUT2D eigenvalue weighted by Gasteiger charge is -2.33. The zero-order valence-electron chi connectivity index (χ0n) is 28.9. The number of rotatable bonds is 14. The van der Waals surface area contributed by atoms with Gasteiger partial charge in [0.15, 0.2) is 15.6 Å². The fourth-order valence-corrected chi connectivity index (χ4v) is 8.96. The van der Waals surface area contributed by atoms with E-state index >= 15 is 0 Å². The molecule has 1 aliphatic heterocycles. The van der Waals surface area contributed by atoms with Crippen LogP contribution >= 0.6 is 0 Å². The zero-order chi connectivity index (χ0) is 38.4. The van der Waals surface area contributed by atoms with E-state index in [0.717, 1.165) is 50.6 Å². The molecule has 0 amide bonds. The number of nitrogens with two attached hydrogens (primary N) is 1. The second kappa shape index (κ2) is 16.8. The number of azo groups is 2. The van der Waals surface area contributed by atoms with Gasteiger partial charge in [-0.3, -0.25) is 14.0 Å². The van der Waals surface area contributed by atoms with Gasteiger partial charge in [-0.15, -0.1) is 10.2 Å². The van der Waals surface area contributed by atoms with Gasteiger partial charge in [0.25, 0.3) is 20.2 Å². The van der Waals surface area contributed by atoms with E-state index < -0.39 is 62.2 Å². The molecular weight excluding hydrogens is 743 g/mol. The lowest BCUT2D eigenvalue weighted by Crippen LogP contribution is -2.46. The summed E-state index contributed by atoms with van der Waals surface area (Å²) in [4.78, 5) is 2.73. The summed E-state index contributed by atoms with van der Waals surface area (Å²) < 4.78 is 104. The van der Waals surface area contributed by atoms with Crippen molar-refractivity contribution in [2.24, 2.45) is 20.5 Å². The van der Waals surface area contributed by atoms with E-state index in [1.807, 2.05) is 0 Å². The van der Waals surface area contributed by atoms with Crippen molar-refractivity contribution in [3.05, 3.63) is 54.3 Å². The Balaban J connectivity index is 1.48. The first-order valence-electron chi connectivity index (χ1n) is 16.0. The Kier molecular flexibility index (Phi) is 13.2. The molecule has 18 nitrogen and oxygen atoms in total. The number of hydrogen-bond donors (Lipinski definition) is 4. The van der Waals surface area contributed by atoms with E-state index in [9.17, 15) is 39.5 Å². The number of methoxy groups -OCH3 is 2. The number of fused-ring (bicyclic) bond motifs is 1. The van der Waals surface area contributed by atoms with Crippen LogP contribution in [0.25, 0.3) is 10.8 Å². The van der Waals surface area contributed by atoms with Gasteiger partial charge in [0.2, 0.25) is 0 Å². The number of allylic oxidation sites excluding steroid dienone is 1. The Bertz CT molecular complexity index is 2120. The highest BCUT2D eigenvalue weighted by Crippen LogP contribution is 2.43. The van der Waals surface area contributed by atoms with Crippen molar-refractivity contribution in [1.29, 1.82) is 0 Å². The molecular formula is C31H43N7O11S3. The summed E-state index contributed by atoms with van der Waals surface area (Å²) in [7, 11) is -8.48. The van der Waals surface area contributed by atoms with Gasteiger partial charge in [0.05, 0.1) is 37.0 Å². The first kappa shape index (κ1) is 40.8. The molecule has 1 aliphatic carbocycles. The van der Waals surface area contributed by atoms with Gasteiger partial charge in [-0.25, -0.2) is 8.42 Å². The minimum Gasteiger partial charge on any atom is -0.505 e. The molecule has 5 N–H and O–H groups in total. The quantitative estimate of drug-likeness (QED) is 0.0701. The number of phenolic OH excluding ortho intramolecular Hbond substituents is 1. The largest absolute Gasteiger partial charge is 0.505 e. The van der Waals surface area contributed by atoms with Gasteiger partial charge in [0.1, 0.15) is 38.9 Å². The standard InChI is InChI=1S/C31H43N7O11S3/c1-20(33-34-22-5-7-24(8-6-22)50(40,41)14-13-38-11-9-37(2)10-12-38)27(49-4)17-23(19-48-3)35-36-30-29(52(45,46)47)16-21-15-28(51(42,43)44)26(32)18-25(21)31(30)39/h15-19,22,24,39H,1,5-14,32H2,2-4H3,(H,42,43,44)(H,45,46,47)/b23-19-,27-17+,34-33?,36-35?. The van der Waals surface area contributed by atoms with E-state index in [1.54, 1.807) is 0 Å². The Hall–Kier alpha value is -3.99. The third-order valence-corrected chi connectivity index (χ3v) is 12.8. The topological polar surface area (TPSA) is 264 Å². The fraction of sp³-hybridized carbons (Fsp3) is 0.484. The van der Waals surface area contributed by atoms with Crippen LogP contribution < -0.4 is 5.73 Å². The second-order valence-electron chi connectivity index (χ2n) is 12.4. The van der Waals surface area contributed by atoms with Gasteiger partial charge in [-0.1, -0.05) is 6.58 Å². The molecule has 4 rings (SSSR count). The van der Waals surface area contributed by atoms with Crippen LogP contribution in [0.2, 0.25) is 0 Å². The van der Waals surface area contributed by atoms with Gasteiger partial charge in [-0.2, -0.15) is 27.1 Å². The number of anilines is 1. The van der Waals surface area contributed by atoms with E-state index in [-0.39, 0.29) is 39.7 Å². The Labute approximate surface area is 302 Å². The van der Waals surface area contributed by atoms with Crippen molar-refractivity contribution < 1.29 is 48.9 Å². The maximum Gasteiger partial charge on any atom is 0.296 e. The number of sulfone groups is 1. The number of piperazine rings is 1. The molecule has 2 fully saturated rings. The molecule has 2 aromatic carbocycles. The molecule has 2 aromatic rings. The number of aromatic hydroxyl groups is 1. The maximum absolute atomic E-state index is 13.0. The molecule has 0 atom stereocenters. The van der Waals surface area contributed by atoms with Crippen molar-refractivity contribution in [3.63, 3.8) is 0 Å². The van der Waals surface area contributed by atoms with Gasteiger partial charge in [0, 0.05) is 44.2 Å². The van der Waals surface area contributed by atoms with Gasteiger partial charge >= 0.3 is 0 Å². The van der Waals surface area contributed by atoms with Crippen LogP contribution in [0.4, 0.5) is 11.4 Å². The highest BCUT2D eigenvalue weighted by molar-refractivity contribution is 7.92. The number of hydrogen-bond acceptors (Lipinski definition) is 16. The van der Waals surface area contributed by atoms with Crippen LogP contribution in [-0.2, 0) is 39.5 Å². The normalized spacial score (nSPS) is 20.6. The molecule has 21 heteroatoms. The highest BCUT2D eigenvalue weighted by atomic mass is 32.2. The summed E-state index contributed by atoms with van der Waals surface area (Å²) >= 11 is 0. The average Bonchev–Trinajstić information content (AvgIpc) is 3.08. The first-order chi connectivity index (χ1) is 24.3. The summed E-state index contributed by atoms with van der Waals surface area (Å²) in [6.07, 6.45) is 4.37. The first-order valence-corrected chi connectivity index (χ1v) is 20.6. The number of phenols is 1. The van der Waals surface area contributed by atoms with Crippen molar-refractivity contribution in [2.45, 2.75) is 46.8 Å². The minimum absolute atomic E-state index is 0.0504. The van der Waals surface area contributed by atoms with Crippen molar-refractivity contribution in [1.82, 2.24) is 9.80 Å². The Morgan fingerprint density at radius 1 is 0.962 bits per heavy atom. The smallest absolute Gasteiger partial charge is 0.296 e. The molecule has 0 unspecified atom stereocenters. The average molecular weight is 786 g/mol. The molecule has 52 heavy (non-hydrogen) atoms. The van der Waals surface area contributed by atoms with Gasteiger partial charge in [-0.05, 0) is 56.3 Å². The van der Waals surface area contributed by atoms with E-state index in [4.69, 9.17) is 15.2 Å². The molecule has 0 spiro atoms. The number of nitrogens with zero attached hydrogens (tertiary/aromatic N) is 6. The lowest BCUT2D eigenvalue weighted by atomic mass is 9.96. The van der Waals surface area contributed by atoms with Crippen LogP contribution in [0.15, 0.2) is 84.5 Å². The number of benzene rings is 2. The summed E-state index contributed by atoms with van der Waals surface area (Å²) in [6.45, 7) is 7.96. The molecule has 2 aliphatic rings. The third-order valence-electron chi connectivity index (χ3n) is 8.81. The van der Waals surface area contributed by atoms with Crippen molar-refractivity contribution in [2.75, 3.05) is 65.5 Å². The Morgan fingerprint density at radius 2 is 1.58 bits per heavy atom. The molecule has 0 aromatic heterocycles. The Morgan fingerprint density at radius 3 is 2.15 bits per heavy atom. The monoisotopic (exact) mass is 785 g/mol.